The van der Waals surface area contributed by atoms with Gasteiger partial charge in [0.1, 0.15) is 0 Å². The minimum absolute atomic E-state index is 0.0942. The van der Waals surface area contributed by atoms with E-state index in [2.05, 4.69) is 17.0 Å². The standard InChI is InChI=1S/C34H31F6NO/c35-33(36,37)28-18-25(19-29(20-28)34(38,39)40)23-42-31-16-17-41(21-24-10-4-1-5-11-24)22-30(31)32(26-12-6-2-7-13-26)27-14-8-3-9-15-27/h1-15,18-20,30-32H,16-17,21-23H2/t30-,31+/m1/s1. The minimum atomic E-state index is -4.91. The lowest BCUT2D eigenvalue weighted by molar-refractivity contribution is -0.143. The second-order valence-corrected chi connectivity index (χ2v) is 10.7. The Balaban J connectivity index is 1.47. The first-order valence-corrected chi connectivity index (χ1v) is 13.8. The Morgan fingerprint density at radius 2 is 1.17 bits per heavy atom. The minimum Gasteiger partial charge on any atom is -0.373 e. The summed E-state index contributed by atoms with van der Waals surface area (Å²) in [6.07, 6.45) is -9.63. The Kier molecular flexibility index (Phi) is 9.04. The highest BCUT2D eigenvalue weighted by molar-refractivity contribution is 5.35. The van der Waals surface area contributed by atoms with Gasteiger partial charge in [-0.1, -0.05) is 91.0 Å². The summed E-state index contributed by atoms with van der Waals surface area (Å²) in [5.74, 6) is -0.205. The number of benzene rings is 4. The molecule has 220 valence electrons. The van der Waals surface area contributed by atoms with Crippen LogP contribution in [0.15, 0.2) is 109 Å². The number of piperidine rings is 1. The SMILES string of the molecule is FC(F)(F)c1cc(CO[C@H]2CCN(Cc3ccccc3)C[C@H]2C(c2ccccc2)c2ccccc2)cc(C(F)(F)F)c1. The summed E-state index contributed by atoms with van der Waals surface area (Å²) in [6.45, 7) is 1.69. The van der Waals surface area contributed by atoms with Crippen molar-refractivity contribution >= 4 is 0 Å². The molecule has 0 aliphatic carbocycles. The van der Waals surface area contributed by atoms with E-state index in [1.54, 1.807) is 0 Å². The van der Waals surface area contributed by atoms with Gasteiger partial charge in [-0.2, -0.15) is 26.3 Å². The smallest absolute Gasteiger partial charge is 0.373 e. The monoisotopic (exact) mass is 583 g/mol. The fourth-order valence-electron chi connectivity index (χ4n) is 5.86. The van der Waals surface area contributed by atoms with E-state index < -0.39 is 29.6 Å². The number of alkyl halides is 6. The normalized spacial score (nSPS) is 18.4. The van der Waals surface area contributed by atoms with E-state index in [1.807, 2.05) is 78.9 Å². The molecule has 0 radical (unpaired) electrons. The maximum Gasteiger partial charge on any atom is 0.416 e. The number of rotatable bonds is 8. The van der Waals surface area contributed by atoms with Gasteiger partial charge in [-0.25, -0.2) is 0 Å². The van der Waals surface area contributed by atoms with Crippen LogP contribution in [0.3, 0.4) is 0 Å². The summed E-state index contributed by atoms with van der Waals surface area (Å²) in [5, 5.41) is 0. The fourth-order valence-corrected chi connectivity index (χ4v) is 5.86. The van der Waals surface area contributed by atoms with Crippen LogP contribution < -0.4 is 0 Å². The molecule has 0 aromatic heterocycles. The second-order valence-electron chi connectivity index (χ2n) is 10.7. The predicted molar refractivity (Wildman–Crippen MR) is 150 cm³/mol. The number of nitrogens with zero attached hydrogens (tertiary/aromatic N) is 1. The Bertz CT molecular complexity index is 1350. The molecule has 4 aromatic carbocycles. The van der Waals surface area contributed by atoms with Crippen LogP contribution in [0.25, 0.3) is 0 Å². The van der Waals surface area contributed by atoms with Crippen LogP contribution in [-0.2, 0) is 30.2 Å². The Morgan fingerprint density at radius 1 is 0.667 bits per heavy atom. The third kappa shape index (κ3) is 7.41. The molecule has 42 heavy (non-hydrogen) atoms. The first-order chi connectivity index (χ1) is 20.1. The Morgan fingerprint density at radius 3 is 1.67 bits per heavy atom. The van der Waals surface area contributed by atoms with Crippen molar-refractivity contribution in [3.63, 3.8) is 0 Å². The van der Waals surface area contributed by atoms with E-state index in [9.17, 15) is 26.3 Å². The van der Waals surface area contributed by atoms with Gasteiger partial charge < -0.3 is 4.74 Å². The molecule has 0 amide bonds. The molecule has 5 rings (SSSR count). The number of likely N-dealkylation sites (tertiary alicyclic amines) is 1. The lowest BCUT2D eigenvalue weighted by Crippen LogP contribution is -2.46. The molecule has 8 heteroatoms. The van der Waals surface area contributed by atoms with E-state index in [0.29, 0.717) is 19.5 Å². The zero-order valence-electron chi connectivity index (χ0n) is 22.8. The van der Waals surface area contributed by atoms with Gasteiger partial charge in [-0.15, -0.1) is 0 Å². The van der Waals surface area contributed by atoms with Crippen molar-refractivity contribution in [3.05, 3.63) is 143 Å². The number of hydrogen-bond donors (Lipinski definition) is 0. The highest BCUT2D eigenvalue weighted by Gasteiger charge is 2.39. The predicted octanol–water partition coefficient (Wildman–Crippen LogP) is 8.96. The van der Waals surface area contributed by atoms with Crippen molar-refractivity contribution in [2.75, 3.05) is 13.1 Å². The van der Waals surface area contributed by atoms with Gasteiger partial charge in [0.15, 0.2) is 0 Å². The van der Waals surface area contributed by atoms with Gasteiger partial charge in [-0.05, 0) is 46.9 Å². The molecule has 1 aliphatic rings. The number of hydrogen-bond acceptors (Lipinski definition) is 2. The molecule has 2 atom stereocenters. The van der Waals surface area contributed by atoms with Crippen molar-refractivity contribution in [1.29, 1.82) is 0 Å². The van der Waals surface area contributed by atoms with Crippen molar-refractivity contribution in [2.45, 2.75) is 43.9 Å². The van der Waals surface area contributed by atoms with Crippen molar-refractivity contribution in [3.8, 4) is 0 Å². The van der Waals surface area contributed by atoms with Crippen LogP contribution in [0.4, 0.5) is 26.3 Å². The molecule has 4 aromatic rings. The summed E-state index contributed by atoms with van der Waals surface area (Å²) in [7, 11) is 0. The van der Waals surface area contributed by atoms with Gasteiger partial charge in [0.2, 0.25) is 0 Å². The lowest BCUT2D eigenvalue weighted by Gasteiger charge is -2.42. The van der Waals surface area contributed by atoms with Gasteiger partial charge >= 0.3 is 12.4 Å². The van der Waals surface area contributed by atoms with Crippen LogP contribution >= 0.6 is 0 Å². The summed E-state index contributed by atoms with van der Waals surface area (Å²) in [6, 6.07) is 31.7. The maximum atomic E-state index is 13.5. The van der Waals surface area contributed by atoms with E-state index in [0.717, 1.165) is 35.4 Å². The summed E-state index contributed by atoms with van der Waals surface area (Å²) < 4.78 is 87.2. The third-order valence-corrected chi connectivity index (χ3v) is 7.78. The fraction of sp³-hybridized carbons (Fsp3) is 0.294. The van der Waals surface area contributed by atoms with Gasteiger partial charge in [-0.3, -0.25) is 4.90 Å². The van der Waals surface area contributed by atoms with Crippen molar-refractivity contribution in [2.24, 2.45) is 5.92 Å². The average Bonchev–Trinajstić information content (AvgIpc) is 2.97. The Hall–Kier alpha value is -3.62. The van der Waals surface area contributed by atoms with E-state index >= 15 is 0 Å². The zero-order valence-corrected chi connectivity index (χ0v) is 22.8. The molecule has 0 spiro atoms. The molecule has 0 N–H and O–H groups in total. The molecule has 0 saturated carbocycles. The highest BCUT2D eigenvalue weighted by Crippen LogP contribution is 2.40. The molecule has 1 aliphatic heterocycles. The number of halogens is 6. The zero-order chi connectivity index (χ0) is 29.7. The molecule has 2 nitrogen and oxygen atoms in total. The van der Waals surface area contributed by atoms with Crippen LogP contribution in [0.5, 0.6) is 0 Å². The molecular weight excluding hydrogens is 552 g/mol. The molecule has 1 fully saturated rings. The average molecular weight is 584 g/mol. The first-order valence-electron chi connectivity index (χ1n) is 13.8. The number of ether oxygens (including phenoxy) is 1. The van der Waals surface area contributed by atoms with Crippen molar-refractivity contribution < 1.29 is 31.1 Å². The van der Waals surface area contributed by atoms with Crippen LogP contribution in [-0.4, -0.2) is 24.1 Å². The largest absolute Gasteiger partial charge is 0.416 e. The second kappa shape index (κ2) is 12.7. The topological polar surface area (TPSA) is 12.5 Å². The summed E-state index contributed by atoms with van der Waals surface area (Å²) >= 11 is 0. The van der Waals surface area contributed by atoms with Crippen LogP contribution in [0.1, 0.15) is 45.7 Å². The van der Waals surface area contributed by atoms with Gasteiger partial charge in [0.05, 0.1) is 23.8 Å². The van der Waals surface area contributed by atoms with Gasteiger partial charge in [0, 0.05) is 31.5 Å². The maximum absolute atomic E-state index is 13.5. The highest BCUT2D eigenvalue weighted by atomic mass is 19.4. The molecule has 1 saturated heterocycles. The summed E-state index contributed by atoms with van der Waals surface area (Å²) in [4.78, 5) is 2.34. The van der Waals surface area contributed by atoms with E-state index in [-0.39, 0.29) is 30.1 Å². The lowest BCUT2D eigenvalue weighted by atomic mass is 9.75. The quantitative estimate of drug-likeness (QED) is 0.192. The Labute approximate surface area is 241 Å². The molecular formula is C34H31F6NO. The van der Waals surface area contributed by atoms with Crippen molar-refractivity contribution in [1.82, 2.24) is 4.90 Å². The van der Waals surface area contributed by atoms with E-state index in [4.69, 9.17) is 4.74 Å². The third-order valence-electron chi connectivity index (χ3n) is 7.78. The van der Waals surface area contributed by atoms with Crippen LogP contribution in [0, 0.1) is 5.92 Å². The summed E-state index contributed by atoms with van der Waals surface area (Å²) in [5.41, 5.74) is 0.478. The first kappa shape index (κ1) is 29.9. The van der Waals surface area contributed by atoms with E-state index in [1.165, 1.54) is 0 Å². The molecule has 0 bridgehead atoms. The van der Waals surface area contributed by atoms with Crippen LogP contribution in [0.2, 0.25) is 0 Å². The molecule has 1 heterocycles. The molecule has 0 unspecified atom stereocenters. The van der Waals surface area contributed by atoms with Gasteiger partial charge in [0.25, 0.3) is 0 Å².